The minimum absolute atomic E-state index is 0.177. The molecule has 2 N–H and O–H groups in total. The van der Waals surface area contributed by atoms with E-state index in [1.54, 1.807) is 0 Å². The lowest BCUT2D eigenvalue weighted by Gasteiger charge is -2.13. The molecular weight excluding hydrogens is 300 g/mol. The number of aliphatic hydroxyl groups excluding tert-OH is 1. The van der Waals surface area contributed by atoms with Crippen molar-refractivity contribution in [1.82, 2.24) is 0 Å². The Labute approximate surface area is 137 Å². The van der Waals surface area contributed by atoms with E-state index in [1.165, 1.54) is 25.7 Å². The van der Waals surface area contributed by atoms with Crippen molar-refractivity contribution in [3.05, 3.63) is 0 Å². The molecule has 0 saturated carbocycles. The van der Waals surface area contributed by atoms with Crippen molar-refractivity contribution in [2.45, 2.75) is 109 Å². The van der Waals surface area contributed by atoms with Crippen LogP contribution >= 0.6 is 0 Å². The Balaban J connectivity index is 3.54. The molecular formula is C17H36O4S. The second-order valence-corrected chi connectivity index (χ2v) is 8.23. The maximum Gasteiger partial charge on any atom is 0.267 e. The van der Waals surface area contributed by atoms with Crippen LogP contribution in [0.15, 0.2) is 0 Å². The fraction of sp³-hybridized carbons (Fsp3) is 1.00. The Kier molecular flexibility index (Phi) is 13.2. The fourth-order valence-corrected chi connectivity index (χ4v) is 3.68. The fourth-order valence-electron chi connectivity index (χ4n) is 2.75. The zero-order valence-corrected chi connectivity index (χ0v) is 15.3. The van der Waals surface area contributed by atoms with E-state index >= 15 is 0 Å². The molecule has 0 aliphatic carbocycles. The van der Waals surface area contributed by atoms with Crippen molar-refractivity contribution in [1.29, 1.82) is 0 Å². The Morgan fingerprint density at radius 3 is 1.59 bits per heavy atom. The maximum absolute atomic E-state index is 11.3. The molecule has 134 valence electrons. The van der Waals surface area contributed by atoms with Crippen LogP contribution in [0.4, 0.5) is 0 Å². The lowest BCUT2D eigenvalue weighted by molar-refractivity contribution is 0.180. The lowest BCUT2D eigenvalue weighted by atomic mass is 10.0. The van der Waals surface area contributed by atoms with Gasteiger partial charge in [0, 0.05) is 0 Å². The van der Waals surface area contributed by atoms with E-state index in [1.807, 2.05) is 13.8 Å². The standard InChI is InChI=1S/C17H36O4S/c1-3-4-14-17(22(19,20)21)15-12-10-8-6-5-7-9-11-13-16(2)18/h16-18H,3-15H2,1-2H3,(H,19,20,21). The molecule has 0 aromatic carbocycles. The molecule has 0 aromatic rings. The highest BCUT2D eigenvalue weighted by Gasteiger charge is 2.21. The molecule has 2 unspecified atom stereocenters. The van der Waals surface area contributed by atoms with Gasteiger partial charge in [-0.2, -0.15) is 8.42 Å². The van der Waals surface area contributed by atoms with E-state index in [0.29, 0.717) is 12.8 Å². The molecule has 0 radical (unpaired) electrons. The summed E-state index contributed by atoms with van der Waals surface area (Å²) in [4.78, 5) is 0. The van der Waals surface area contributed by atoms with Gasteiger partial charge >= 0.3 is 0 Å². The summed E-state index contributed by atoms with van der Waals surface area (Å²) in [7, 11) is -3.87. The van der Waals surface area contributed by atoms with E-state index in [-0.39, 0.29) is 6.10 Å². The van der Waals surface area contributed by atoms with Gasteiger partial charge in [0.25, 0.3) is 10.1 Å². The molecule has 0 aromatic heterocycles. The zero-order chi connectivity index (χ0) is 16.8. The van der Waals surface area contributed by atoms with Gasteiger partial charge in [0.1, 0.15) is 0 Å². The minimum atomic E-state index is -3.87. The number of hydrogen-bond acceptors (Lipinski definition) is 3. The van der Waals surface area contributed by atoms with E-state index in [9.17, 15) is 13.0 Å². The van der Waals surface area contributed by atoms with Crippen molar-refractivity contribution in [3.8, 4) is 0 Å². The van der Waals surface area contributed by atoms with Crippen LogP contribution in [0.25, 0.3) is 0 Å². The monoisotopic (exact) mass is 336 g/mol. The first-order valence-electron chi connectivity index (χ1n) is 9.02. The van der Waals surface area contributed by atoms with Crippen molar-refractivity contribution in [2.75, 3.05) is 0 Å². The topological polar surface area (TPSA) is 74.6 Å². The molecule has 0 saturated heterocycles. The van der Waals surface area contributed by atoms with Gasteiger partial charge in [0.15, 0.2) is 0 Å². The summed E-state index contributed by atoms with van der Waals surface area (Å²) in [6.07, 6.45) is 12.7. The van der Waals surface area contributed by atoms with Gasteiger partial charge in [-0.25, -0.2) is 0 Å². The SMILES string of the molecule is CCCCC(CCCCCCCCCCC(C)O)S(=O)(=O)O. The smallest absolute Gasteiger partial charge is 0.267 e. The average molecular weight is 337 g/mol. The summed E-state index contributed by atoms with van der Waals surface area (Å²) in [5.41, 5.74) is 0. The summed E-state index contributed by atoms with van der Waals surface area (Å²) >= 11 is 0. The van der Waals surface area contributed by atoms with Crippen LogP contribution < -0.4 is 0 Å². The summed E-state index contributed by atoms with van der Waals surface area (Å²) in [6, 6.07) is 0. The van der Waals surface area contributed by atoms with Crippen LogP contribution in [0.2, 0.25) is 0 Å². The third kappa shape index (κ3) is 13.5. The lowest BCUT2D eigenvalue weighted by Crippen LogP contribution is -2.20. The molecule has 22 heavy (non-hydrogen) atoms. The Morgan fingerprint density at radius 2 is 1.18 bits per heavy atom. The average Bonchev–Trinajstić information content (AvgIpc) is 2.42. The zero-order valence-electron chi connectivity index (χ0n) is 14.5. The Hall–Kier alpha value is -0.130. The van der Waals surface area contributed by atoms with Gasteiger partial charge in [0.2, 0.25) is 0 Å². The van der Waals surface area contributed by atoms with Crippen molar-refractivity contribution >= 4 is 10.1 Å². The molecule has 0 fully saturated rings. The van der Waals surface area contributed by atoms with Crippen LogP contribution in [0, 0.1) is 0 Å². The molecule has 0 bridgehead atoms. The first kappa shape index (κ1) is 21.9. The van der Waals surface area contributed by atoms with Gasteiger partial charge in [-0.3, -0.25) is 4.55 Å². The van der Waals surface area contributed by atoms with Crippen LogP contribution in [0.3, 0.4) is 0 Å². The summed E-state index contributed by atoms with van der Waals surface area (Å²) in [5.74, 6) is 0. The molecule has 0 aliphatic rings. The summed E-state index contributed by atoms with van der Waals surface area (Å²) in [6.45, 7) is 3.86. The molecule has 4 nitrogen and oxygen atoms in total. The van der Waals surface area contributed by atoms with Crippen molar-refractivity contribution in [3.63, 3.8) is 0 Å². The quantitative estimate of drug-likeness (QED) is 0.335. The molecule has 0 aliphatic heterocycles. The van der Waals surface area contributed by atoms with Gasteiger partial charge in [-0.15, -0.1) is 0 Å². The predicted octanol–water partition coefficient (Wildman–Crippen LogP) is 4.71. The third-order valence-electron chi connectivity index (χ3n) is 4.20. The number of hydrogen-bond donors (Lipinski definition) is 2. The third-order valence-corrected chi connectivity index (χ3v) is 5.51. The van der Waals surface area contributed by atoms with Crippen LogP contribution in [-0.2, 0) is 10.1 Å². The Bertz CT molecular complexity index is 339. The van der Waals surface area contributed by atoms with E-state index in [4.69, 9.17) is 5.11 Å². The van der Waals surface area contributed by atoms with E-state index in [2.05, 4.69) is 0 Å². The first-order valence-corrected chi connectivity index (χ1v) is 10.5. The molecule has 0 heterocycles. The van der Waals surface area contributed by atoms with Gasteiger partial charge < -0.3 is 5.11 Å². The normalized spacial score (nSPS) is 14.9. The van der Waals surface area contributed by atoms with Crippen molar-refractivity contribution in [2.24, 2.45) is 0 Å². The molecule has 0 amide bonds. The highest BCUT2D eigenvalue weighted by Crippen LogP contribution is 2.18. The van der Waals surface area contributed by atoms with Gasteiger partial charge in [-0.1, -0.05) is 71.1 Å². The molecule has 0 rings (SSSR count). The van der Waals surface area contributed by atoms with Crippen LogP contribution in [0.5, 0.6) is 0 Å². The van der Waals surface area contributed by atoms with Gasteiger partial charge in [-0.05, 0) is 26.2 Å². The highest BCUT2D eigenvalue weighted by atomic mass is 32.2. The molecule has 0 spiro atoms. The molecule has 2 atom stereocenters. The maximum atomic E-state index is 11.3. The largest absolute Gasteiger partial charge is 0.393 e. The minimum Gasteiger partial charge on any atom is -0.393 e. The first-order chi connectivity index (χ1) is 10.4. The highest BCUT2D eigenvalue weighted by molar-refractivity contribution is 7.86. The van der Waals surface area contributed by atoms with Crippen LogP contribution in [-0.4, -0.2) is 29.4 Å². The number of unbranched alkanes of at least 4 members (excludes halogenated alkanes) is 8. The predicted molar refractivity (Wildman–Crippen MR) is 92.7 cm³/mol. The van der Waals surface area contributed by atoms with E-state index in [0.717, 1.165) is 44.9 Å². The van der Waals surface area contributed by atoms with Crippen LogP contribution in [0.1, 0.15) is 97.3 Å². The summed E-state index contributed by atoms with van der Waals surface area (Å²) in [5, 5.41) is 8.59. The van der Waals surface area contributed by atoms with Gasteiger partial charge in [0.05, 0.1) is 11.4 Å². The van der Waals surface area contributed by atoms with Crippen molar-refractivity contribution < 1.29 is 18.1 Å². The molecule has 5 heteroatoms. The second kappa shape index (κ2) is 13.3. The number of aliphatic hydroxyl groups is 1. The number of rotatable bonds is 15. The van der Waals surface area contributed by atoms with E-state index < -0.39 is 15.4 Å². The summed E-state index contributed by atoms with van der Waals surface area (Å²) < 4.78 is 31.8. The Morgan fingerprint density at radius 1 is 0.773 bits per heavy atom. The second-order valence-electron chi connectivity index (χ2n) is 6.53.